The zero-order valence-electron chi connectivity index (χ0n) is 20.0. The molecule has 4 aliphatic heterocycles. The number of hydrogen-bond acceptors (Lipinski definition) is 8. The van der Waals surface area contributed by atoms with Crippen molar-refractivity contribution in [1.82, 2.24) is 16.0 Å². The van der Waals surface area contributed by atoms with Gasteiger partial charge in [0.05, 0.1) is 19.6 Å². The molecule has 10 nitrogen and oxygen atoms in total. The van der Waals surface area contributed by atoms with Crippen molar-refractivity contribution in [3.05, 3.63) is 58.7 Å². The lowest BCUT2D eigenvalue weighted by atomic mass is 10.0. The highest BCUT2D eigenvalue weighted by Crippen LogP contribution is 2.22. The molecule has 4 heterocycles. The number of amidine groups is 3. The second-order valence-electron chi connectivity index (χ2n) is 9.08. The Morgan fingerprint density at radius 2 is 1.08 bits per heavy atom. The first-order valence-electron chi connectivity index (χ1n) is 12.5. The van der Waals surface area contributed by atoms with E-state index in [9.17, 15) is 4.79 Å². The average Bonchev–Trinajstić information content (AvgIpc) is 3.72. The summed E-state index contributed by atoms with van der Waals surface area (Å²) in [5, 5.41) is 16.0. The Labute approximate surface area is 209 Å². The molecule has 2 amide bonds. The van der Waals surface area contributed by atoms with Crippen molar-refractivity contribution < 1.29 is 4.79 Å². The molecule has 36 heavy (non-hydrogen) atoms. The van der Waals surface area contributed by atoms with Gasteiger partial charge in [-0.15, -0.1) is 0 Å². The normalized spacial score (nSPS) is 18.4. The molecule has 0 fully saturated rings. The van der Waals surface area contributed by atoms with Gasteiger partial charge in [0, 0.05) is 60.0 Å². The molecule has 0 radical (unpaired) electrons. The minimum atomic E-state index is -0.321. The lowest BCUT2D eigenvalue weighted by molar-refractivity contribution is 0.262. The summed E-state index contributed by atoms with van der Waals surface area (Å²) in [5.41, 5.74) is 6.27. The summed E-state index contributed by atoms with van der Waals surface area (Å²) in [6, 6.07) is 11.6. The van der Waals surface area contributed by atoms with Crippen molar-refractivity contribution in [3.63, 3.8) is 0 Å². The lowest BCUT2D eigenvalue weighted by Gasteiger charge is -2.14. The van der Waals surface area contributed by atoms with Crippen molar-refractivity contribution in [1.29, 1.82) is 0 Å². The Morgan fingerprint density at radius 3 is 1.50 bits per heavy atom. The van der Waals surface area contributed by atoms with E-state index in [1.807, 2.05) is 30.3 Å². The first-order chi connectivity index (χ1) is 17.7. The second kappa shape index (κ2) is 9.80. The van der Waals surface area contributed by atoms with Crippen LogP contribution in [0.3, 0.4) is 0 Å². The zero-order valence-corrected chi connectivity index (χ0v) is 20.0. The highest BCUT2D eigenvalue weighted by Gasteiger charge is 2.18. The van der Waals surface area contributed by atoms with Gasteiger partial charge in [0.2, 0.25) is 0 Å². The summed E-state index contributed by atoms with van der Waals surface area (Å²) in [7, 11) is 0. The van der Waals surface area contributed by atoms with E-state index >= 15 is 0 Å². The number of urea groups is 1. The van der Waals surface area contributed by atoms with Gasteiger partial charge >= 0.3 is 6.03 Å². The van der Waals surface area contributed by atoms with Crippen molar-refractivity contribution in [2.24, 2.45) is 20.0 Å². The topological polar surface area (TPSA) is 127 Å². The molecule has 4 aliphatic rings. The zero-order chi connectivity index (χ0) is 24.3. The number of nitrogens with one attached hydrogen (secondary N) is 5. The number of anilines is 2. The van der Waals surface area contributed by atoms with E-state index in [1.54, 1.807) is 0 Å². The Balaban J connectivity index is 1.26. The van der Waals surface area contributed by atoms with E-state index in [1.165, 1.54) is 0 Å². The van der Waals surface area contributed by atoms with Crippen molar-refractivity contribution in [2.45, 2.75) is 12.8 Å². The van der Waals surface area contributed by atoms with Gasteiger partial charge in [0.15, 0.2) is 0 Å². The summed E-state index contributed by atoms with van der Waals surface area (Å²) in [4.78, 5) is 31.4. The number of benzene rings is 2. The predicted octanol–water partition coefficient (Wildman–Crippen LogP) is 1.96. The molecule has 0 spiro atoms. The number of nitrogens with zero attached hydrogens (tertiary/aromatic N) is 4. The summed E-state index contributed by atoms with van der Waals surface area (Å²) in [6.45, 7) is 5.53. The molecular weight excluding hydrogens is 454 g/mol. The summed E-state index contributed by atoms with van der Waals surface area (Å²) in [5.74, 6) is 2.52. The fourth-order valence-corrected chi connectivity index (χ4v) is 4.82. The number of hydrogen-bond donors (Lipinski definition) is 5. The Hall–Kier alpha value is -4.21. The summed E-state index contributed by atoms with van der Waals surface area (Å²) < 4.78 is 0. The lowest BCUT2D eigenvalue weighted by Crippen LogP contribution is -2.24. The number of carbonyl (C=O) groups excluding carboxylic acids is 1. The quantitative estimate of drug-likeness (QED) is 0.431. The van der Waals surface area contributed by atoms with Crippen LogP contribution in [0.15, 0.2) is 56.4 Å². The van der Waals surface area contributed by atoms with Gasteiger partial charge in [-0.1, -0.05) is 0 Å². The van der Waals surface area contributed by atoms with Crippen molar-refractivity contribution in [2.75, 3.05) is 56.4 Å². The number of rotatable bonds is 6. The second-order valence-corrected chi connectivity index (χ2v) is 9.08. The van der Waals surface area contributed by atoms with E-state index in [-0.39, 0.29) is 6.03 Å². The molecule has 0 aromatic heterocycles. The molecule has 0 bridgehead atoms. The average molecular weight is 484 g/mol. The minimum Gasteiger partial charge on any atom is -0.368 e. The maximum Gasteiger partial charge on any atom is 0.323 e. The molecule has 0 unspecified atom stereocenters. The highest BCUT2D eigenvalue weighted by atomic mass is 16.2. The van der Waals surface area contributed by atoms with Crippen LogP contribution in [0.2, 0.25) is 0 Å². The largest absolute Gasteiger partial charge is 0.368 e. The molecule has 2 aromatic rings. The predicted molar refractivity (Wildman–Crippen MR) is 144 cm³/mol. The summed E-state index contributed by atoms with van der Waals surface area (Å²) in [6.07, 6.45) is 2.00. The molecule has 0 aliphatic carbocycles. The van der Waals surface area contributed by atoms with Gasteiger partial charge in [-0.05, 0) is 54.8 Å². The Kier molecular flexibility index (Phi) is 6.06. The third-order valence-electron chi connectivity index (χ3n) is 6.43. The number of aliphatic imine (C=N–C) groups is 4. The Bertz CT molecular complexity index is 1140. The van der Waals surface area contributed by atoms with Crippen LogP contribution < -0.4 is 26.6 Å². The third kappa shape index (κ3) is 4.79. The molecule has 6 rings (SSSR count). The van der Waals surface area contributed by atoms with Crippen LogP contribution in [0, 0.1) is 0 Å². The maximum absolute atomic E-state index is 13.1. The van der Waals surface area contributed by atoms with Crippen LogP contribution in [0.1, 0.15) is 35.1 Å². The molecule has 0 saturated carbocycles. The first kappa shape index (κ1) is 22.3. The molecule has 2 aromatic carbocycles. The van der Waals surface area contributed by atoms with Gasteiger partial charge < -0.3 is 26.6 Å². The number of carbonyl (C=O) groups is 1. The molecule has 0 saturated heterocycles. The van der Waals surface area contributed by atoms with Crippen molar-refractivity contribution in [3.8, 4) is 0 Å². The monoisotopic (exact) mass is 483 g/mol. The van der Waals surface area contributed by atoms with E-state index < -0.39 is 0 Å². The van der Waals surface area contributed by atoms with Gasteiger partial charge in [-0.25, -0.2) is 4.79 Å². The van der Waals surface area contributed by atoms with E-state index in [2.05, 4.69) is 52.6 Å². The molecule has 10 heteroatoms. The Morgan fingerprint density at radius 1 is 0.611 bits per heavy atom. The smallest absolute Gasteiger partial charge is 0.323 e. The van der Waals surface area contributed by atoms with Crippen LogP contribution in [0.4, 0.5) is 16.2 Å². The van der Waals surface area contributed by atoms with E-state index in [0.717, 1.165) is 104 Å². The van der Waals surface area contributed by atoms with Crippen LogP contribution in [-0.4, -0.2) is 75.1 Å². The van der Waals surface area contributed by atoms with Gasteiger partial charge in [0.1, 0.15) is 17.5 Å². The van der Waals surface area contributed by atoms with E-state index in [0.29, 0.717) is 11.4 Å². The van der Waals surface area contributed by atoms with Crippen molar-refractivity contribution >= 4 is 40.6 Å². The SMILES string of the molecule is O=C(Nc1cc(C2=NCCC2)cc(C2=NCCN2)c1)Nc1cc(C2=NCCN2)cc(C2=NCCN2)c1. The first-order valence-corrected chi connectivity index (χ1v) is 12.5. The minimum absolute atomic E-state index is 0.321. The van der Waals surface area contributed by atoms with Crippen LogP contribution in [-0.2, 0) is 0 Å². The van der Waals surface area contributed by atoms with E-state index in [4.69, 9.17) is 0 Å². The third-order valence-corrected chi connectivity index (χ3v) is 6.43. The standard InChI is InChI=1S/C26H29N9O/c36-26(34-20-12-16(22-2-1-3-27-22)10-17(13-20)23-28-4-5-29-23)35-21-14-18(24-30-6-7-31-24)11-19(15-21)25-32-8-9-33-25/h10-15H,1-9H2,(H,28,29)(H,30,31)(H,32,33)(H2,34,35,36). The summed E-state index contributed by atoms with van der Waals surface area (Å²) >= 11 is 0. The van der Waals surface area contributed by atoms with Gasteiger partial charge in [0.25, 0.3) is 0 Å². The van der Waals surface area contributed by atoms with Gasteiger partial charge in [-0.3, -0.25) is 20.0 Å². The fourth-order valence-electron chi connectivity index (χ4n) is 4.82. The van der Waals surface area contributed by atoms with Crippen LogP contribution in [0.25, 0.3) is 0 Å². The molecule has 184 valence electrons. The molecular formula is C26H29N9O. The maximum atomic E-state index is 13.1. The molecule has 5 N–H and O–H groups in total. The van der Waals surface area contributed by atoms with Crippen LogP contribution >= 0.6 is 0 Å². The van der Waals surface area contributed by atoms with Crippen LogP contribution in [0.5, 0.6) is 0 Å². The van der Waals surface area contributed by atoms with Gasteiger partial charge in [-0.2, -0.15) is 0 Å². The highest BCUT2D eigenvalue weighted by molar-refractivity contribution is 6.10. The molecule has 0 atom stereocenters. The number of amides is 2. The fraction of sp³-hybridized carbons (Fsp3) is 0.346.